The molecule has 2 heterocycles. The number of fused-ring (bicyclic) bond motifs is 1. The molecule has 2 N–H and O–H groups in total. The summed E-state index contributed by atoms with van der Waals surface area (Å²) in [4.78, 5) is 21.2. The van der Waals surface area contributed by atoms with Crippen LogP contribution in [0.25, 0.3) is 16.9 Å². The summed E-state index contributed by atoms with van der Waals surface area (Å²) in [6.07, 6.45) is 5.32. The predicted octanol–water partition coefficient (Wildman–Crippen LogP) is 4.28. The molecule has 28 heavy (non-hydrogen) atoms. The Morgan fingerprint density at radius 1 is 1.07 bits per heavy atom. The summed E-state index contributed by atoms with van der Waals surface area (Å²) in [7, 11) is 0. The van der Waals surface area contributed by atoms with Crippen molar-refractivity contribution in [2.45, 2.75) is 19.9 Å². The molecule has 0 aliphatic carbocycles. The molecule has 0 spiro atoms. The Morgan fingerprint density at radius 3 is 2.68 bits per heavy atom. The van der Waals surface area contributed by atoms with E-state index in [1.54, 1.807) is 18.5 Å². The third kappa shape index (κ3) is 3.57. The van der Waals surface area contributed by atoms with Crippen LogP contribution >= 0.6 is 0 Å². The Labute approximate surface area is 163 Å². The number of aromatic nitrogens is 3. The van der Waals surface area contributed by atoms with Crippen molar-refractivity contribution in [2.75, 3.05) is 5.32 Å². The van der Waals surface area contributed by atoms with Crippen LogP contribution in [-0.2, 0) is 0 Å². The number of carbonyl (C=O) groups is 1. The average Bonchev–Trinajstić information content (AvgIpc) is 3.07. The lowest BCUT2D eigenvalue weighted by molar-refractivity contribution is 0.0943. The van der Waals surface area contributed by atoms with E-state index >= 15 is 0 Å². The van der Waals surface area contributed by atoms with Gasteiger partial charge in [-0.3, -0.25) is 14.2 Å². The molecule has 1 amide bonds. The van der Waals surface area contributed by atoms with Gasteiger partial charge in [0, 0.05) is 35.2 Å². The molecule has 0 bridgehead atoms. The standard InChI is InChI=1S/C22H21N5O/c1-15(2)24-22(28)17-9-6-10-18(13-17)25-21-20(16-7-4-3-5-8-16)26-19-14-23-11-12-27(19)21/h3-15,25H,1-2H3,(H,24,28). The van der Waals surface area contributed by atoms with Crippen molar-refractivity contribution in [2.24, 2.45) is 0 Å². The average molecular weight is 371 g/mol. The van der Waals surface area contributed by atoms with Gasteiger partial charge in [0.15, 0.2) is 5.65 Å². The molecule has 0 radical (unpaired) electrons. The minimum absolute atomic E-state index is 0.0834. The number of hydrogen-bond donors (Lipinski definition) is 2. The van der Waals surface area contributed by atoms with Crippen LogP contribution in [0.3, 0.4) is 0 Å². The Balaban J connectivity index is 1.75. The lowest BCUT2D eigenvalue weighted by Gasteiger charge is -2.12. The number of imidazole rings is 1. The van der Waals surface area contributed by atoms with Gasteiger partial charge in [0.1, 0.15) is 11.5 Å². The molecule has 0 unspecified atom stereocenters. The van der Waals surface area contributed by atoms with Crippen molar-refractivity contribution in [3.63, 3.8) is 0 Å². The van der Waals surface area contributed by atoms with Gasteiger partial charge in [0.2, 0.25) is 0 Å². The first-order valence-corrected chi connectivity index (χ1v) is 9.17. The molecule has 4 rings (SSSR count). The van der Waals surface area contributed by atoms with E-state index in [0.717, 1.165) is 28.4 Å². The van der Waals surface area contributed by atoms with Gasteiger partial charge < -0.3 is 10.6 Å². The van der Waals surface area contributed by atoms with Crippen LogP contribution in [0.15, 0.2) is 73.2 Å². The molecule has 6 nitrogen and oxygen atoms in total. The fourth-order valence-electron chi connectivity index (χ4n) is 3.04. The number of carbonyl (C=O) groups excluding carboxylic acids is 1. The third-order valence-electron chi connectivity index (χ3n) is 4.28. The summed E-state index contributed by atoms with van der Waals surface area (Å²) in [5, 5.41) is 6.35. The van der Waals surface area contributed by atoms with Crippen molar-refractivity contribution in [1.29, 1.82) is 0 Å². The third-order valence-corrected chi connectivity index (χ3v) is 4.28. The van der Waals surface area contributed by atoms with Gasteiger partial charge >= 0.3 is 0 Å². The van der Waals surface area contributed by atoms with Crippen molar-refractivity contribution in [3.05, 3.63) is 78.8 Å². The fourth-order valence-corrected chi connectivity index (χ4v) is 3.04. The minimum atomic E-state index is -0.0933. The Morgan fingerprint density at radius 2 is 1.89 bits per heavy atom. The van der Waals surface area contributed by atoms with Crippen LogP contribution in [-0.4, -0.2) is 26.3 Å². The molecule has 2 aromatic heterocycles. The van der Waals surface area contributed by atoms with Crippen molar-refractivity contribution in [1.82, 2.24) is 19.7 Å². The van der Waals surface area contributed by atoms with Crippen molar-refractivity contribution >= 4 is 23.1 Å². The van der Waals surface area contributed by atoms with Gasteiger partial charge in [-0.05, 0) is 32.0 Å². The number of anilines is 2. The lowest BCUT2D eigenvalue weighted by Crippen LogP contribution is -2.30. The van der Waals surface area contributed by atoms with Crippen molar-refractivity contribution < 1.29 is 4.79 Å². The SMILES string of the molecule is CC(C)NC(=O)c1cccc(Nc2c(-c3ccccc3)nc3cnccn23)c1. The normalized spacial score (nSPS) is 11.0. The van der Waals surface area contributed by atoms with E-state index in [9.17, 15) is 4.79 Å². The number of benzene rings is 2. The monoisotopic (exact) mass is 371 g/mol. The molecular formula is C22H21N5O. The van der Waals surface area contributed by atoms with E-state index in [1.807, 2.05) is 73.0 Å². The molecule has 0 fully saturated rings. The molecule has 2 aromatic carbocycles. The van der Waals surface area contributed by atoms with Gasteiger partial charge in [-0.15, -0.1) is 0 Å². The fraction of sp³-hybridized carbons (Fsp3) is 0.136. The topological polar surface area (TPSA) is 71.3 Å². The molecule has 140 valence electrons. The van der Waals surface area contributed by atoms with Crippen LogP contribution < -0.4 is 10.6 Å². The highest BCUT2D eigenvalue weighted by molar-refractivity contribution is 5.95. The molecule has 0 saturated heterocycles. The van der Waals surface area contributed by atoms with E-state index in [2.05, 4.69) is 15.6 Å². The zero-order chi connectivity index (χ0) is 19.5. The quantitative estimate of drug-likeness (QED) is 0.549. The maximum absolute atomic E-state index is 12.3. The van der Waals surface area contributed by atoms with E-state index in [4.69, 9.17) is 4.98 Å². The second-order valence-corrected chi connectivity index (χ2v) is 6.81. The Kier molecular flexibility index (Phi) is 4.76. The number of nitrogens with zero attached hydrogens (tertiary/aromatic N) is 3. The van der Waals surface area contributed by atoms with Gasteiger partial charge in [-0.1, -0.05) is 36.4 Å². The number of amides is 1. The second kappa shape index (κ2) is 7.52. The summed E-state index contributed by atoms with van der Waals surface area (Å²) in [5.74, 6) is 0.731. The smallest absolute Gasteiger partial charge is 0.251 e. The van der Waals surface area contributed by atoms with E-state index in [0.29, 0.717) is 5.56 Å². The molecule has 6 heteroatoms. The Bertz CT molecular complexity index is 1120. The zero-order valence-corrected chi connectivity index (χ0v) is 15.8. The summed E-state index contributed by atoms with van der Waals surface area (Å²) < 4.78 is 1.95. The largest absolute Gasteiger partial charge is 0.350 e. The maximum atomic E-state index is 12.3. The second-order valence-electron chi connectivity index (χ2n) is 6.81. The first-order chi connectivity index (χ1) is 13.6. The molecule has 0 aliphatic heterocycles. The summed E-state index contributed by atoms with van der Waals surface area (Å²) >= 11 is 0. The highest BCUT2D eigenvalue weighted by atomic mass is 16.1. The van der Waals surface area contributed by atoms with Crippen LogP contribution in [0, 0.1) is 0 Å². The number of rotatable bonds is 5. The van der Waals surface area contributed by atoms with Crippen LogP contribution in [0.1, 0.15) is 24.2 Å². The van der Waals surface area contributed by atoms with Gasteiger partial charge in [0.25, 0.3) is 5.91 Å². The number of nitrogens with one attached hydrogen (secondary N) is 2. The molecule has 4 aromatic rings. The zero-order valence-electron chi connectivity index (χ0n) is 15.8. The predicted molar refractivity (Wildman–Crippen MR) is 111 cm³/mol. The number of hydrogen-bond acceptors (Lipinski definition) is 4. The first-order valence-electron chi connectivity index (χ1n) is 9.17. The van der Waals surface area contributed by atoms with Gasteiger partial charge in [-0.2, -0.15) is 0 Å². The molecule has 0 atom stereocenters. The summed E-state index contributed by atoms with van der Waals surface area (Å²) in [5.41, 5.74) is 3.99. The van der Waals surface area contributed by atoms with E-state index < -0.39 is 0 Å². The first kappa shape index (κ1) is 17.7. The van der Waals surface area contributed by atoms with E-state index in [-0.39, 0.29) is 11.9 Å². The van der Waals surface area contributed by atoms with Crippen LogP contribution in [0.4, 0.5) is 11.5 Å². The molecule has 0 aliphatic rings. The van der Waals surface area contributed by atoms with Gasteiger partial charge in [-0.25, -0.2) is 4.98 Å². The van der Waals surface area contributed by atoms with Crippen molar-refractivity contribution in [3.8, 4) is 11.3 Å². The molecule has 0 saturated carbocycles. The molecular weight excluding hydrogens is 350 g/mol. The van der Waals surface area contributed by atoms with E-state index in [1.165, 1.54) is 0 Å². The van der Waals surface area contributed by atoms with Gasteiger partial charge in [0.05, 0.1) is 6.20 Å². The highest BCUT2D eigenvalue weighted by Crippen LogP contribution is 2.30. The van der Waals surface area contributed by atoms with Crippen LogP contribution in [0.2, 0.25) is 0 Å². The minimum Gasteiger partial charge on any atom is -0.350 e. The van der Waals surface area contributed by atoms with Crippen LogP contribution in [0.5, 0.6) is 0 Å². The maximum Gasteiger partial charge on any atom is 0.251 e. The lowest BCUT2D eigenvalue weighted by atomic mass is 10.1. The summed E-state index contributed by atoms with van der Waals surface area (Å²) in [6.45, 7) is 3.89. The highest BCUT2D eigenvalue weighted by Gasteiger charge is 2.15. The summed E-state index contributed by atoms with van der Waals surface area (Å²) in [6, 6.07) is 17.5. The Hall–Kier alpha value is -3.67.